The summed E-state index contributed by atoms with van der Waals surface area (Å²) in [4.78, 5) is 4.29. The van der Waals surface area contributed by atoms with E-state index in [9.17, 15) is 0 Å². The number of halogens is 1. The fourth-order valence-corrected chi connectivity index (χ4v) is 3.09. The van der Waals surface area contributed by atoms with Gasteiger partial charge in [0.25, 0.3) is 0 Å². The predicted molar refractivity (Wildman–Crippen MR) is 119 cm³/mol. The number of nitrogens with zero attached hydrogens (tertiary/aromatic N) is 2. The van der Waals surface area contributed by atoms with Crippen LogP contribution in [0.1, 0.15) is 40.1 Å². The molecule has 6 heteroatoms. The molecule has 0 saturated heterocycles. The topological polar surface area (TPSA) is 62.5 Å². The Kier molecular flexibility index (Phi) is 9.69. The van der Waals surface area contributed by atoms with Gasteiger partial charge in [-0.3, -0.25) is 4.99 Å². The van der Waals surface area contributed by atoms with Gasteiger partial charge in [-0.25, -0.2) is 0 Å². The van der Waals surface area contributed by atoms with E-state index >= 15 is 0 Å². The standard InChI is InChI=1S/C20H30N4O.HI/c1-14-11-15(2)13-18(12-14)8-10-23-20(21-5)22-9-6-7-19-16(3)24-25-17(19)4;/h11-13H,6-10H2,1-5H3,(H2,21,22,23);1H. The van der Waals surface area contributed by atoms with Crippen LogP contribution in [0.3, 0.4) is 0 Å². The second-order valence-electron chi connectivity index (χ2n) is 6.58. The average molecular weight is 470 g/mol. The molecule has 0 bridgehead atoms. The van der Waals surface area contributed by atoms with Gasteiger partial charge in [-0.1, -0.05) is 34.5 Å². The van der Waals surface area contributed by atoms with Crippen LogP contribution in [-0.2, 0) is 12.8 Å². The van der Waals surface area contributed by atoms with Gasteiger partial charge < -0.3 is 15.2 Å². The van der Waals surface area contributed by atoms with E-state index < -0.39 is 0 Å². The largest absolute Gasteiger partial charge is 0.361 e. The van der Waals surface area contributed by atoms with Crippen molar-refractivity contribution in [2.75, 3.05) is 20.1 Å². The number of hydrogen-bond acceptors (Lipinski definition) is 3. The number of aliphatic imine (C=N–C) groups is 1. The third kappa shape index (κ3) is 6.97. The van der Waals surface area contributed by atoms with E-state index in [1.807, 2.05) is 13.8 Å². The summed E-state index contributed by atoms with van der Waals surface area (Å²) in [5, 5.41) is 10.7. The van der Waals surface area contributed by atoms with Crippen molar-refractivity contribution in [2.24, 2.45) is 4.99 Å². The maximum Gasteiger partial charge on any atom is 0.190 e. The molecule has 1 heterocycles. The molecule has 0 aliphatic heterocycles. The van der Waals surface area contributed by atoms with Crippen molar-refractivity contribution in [1.29, 1.82) is 0 Å². The van der Waals surface area contributed by atoms with Crippen LogP contribution in [0.25, 0.3) is 0 Å². The molecule has 0 atom stereocenters. The van der Waals surface area contributed by atoms with E-state index in [0.717, 1.165) is 49.8 Å². The zero-order valence-electron chi connectivity index (χ0n) is 16.5. The molecule has 144 valence electrons. The van der Waals surface area contributed by atoms with E-state index in [0.29, 0.717) is 0 Å². The van der Waals surface area contributed by atoms with Crippen molar-refractivity contribution in [3.63, 3.8) is 0 Å². The Morgan fingerprint density at radius 1 is 1.00 bits per heavy atom. The zero-order valence-corrected chi connectivity index (χ0v) is 18.8. The molecule has 0 unspecified atom stereocenters. The zero-order chi connectivity index (χ0) is 18.2. The number of nitrogens with one attached hydrogen (secondary N) is 2. The van der Waals surface area contributed by atoms with E-state index in [2.05, 4.69) is 52.8 Å². The minimum Gasteiger partial charge on any atom is -0.361 e. The fourth-order valence-electron chi connectivity index (χ4n) is 3.09. The van der Waals surface area contributed by atoms with Gasteiger partial charge in [-0.15, -0.1) is 24.0 Å². The summed E-state index contributed by atoms with van der Waals surface area (Å²) in [6, 6.07) is 6.69. The first-order valence-corrected chi connectivity index (χ1v) is 8.93. The summed E-state index contributed by atoms with van der Waals surface area (Å²) in [5.41, 5.74) is 6.21. The van der Waals surface area contributed by atoms with Gasteiger partial charge in [0.1, 0.15) is 5.76 Å². The Labute approximate surface area is 174 Å². The van der Waals surface area contributed by atoms with Crippen molar-refractivity contribution >= 4 is 29.9 Å². The van der Waals surface area contributed by atoms with Crippen molar-refractivity contribution in [3.05, 3.63) is 51.9 Å². The normalized spacial score (nSPS) is 11.2. The molecule has 0 fully saturated rings. The minimum absolute atomic E-state index is 0. The third-order valence-electron chi connectivity index (χ3n) is 4.29. The highest BCUT2D eigenvalue weighted by atomic mass is 127. The number of benzene rings is 1. The molecular weight excluding hydrogens is 439 g/mol. The Bertz CT molecular complexity index is 685. The van der Waals surface area contributed by atoms with Crippen LogP contribution in [0.5, 0.6) is 0 Å². The highest BCUT2D eigenvalue weighted by Gasteiger charge is 2.08. The first kappa shape index (κ1) is 22.5. The molecule has 0 saturated carbocycles. The Balaban J connectivity index is 0.00000338. The van der Waals surface area contributed by atoms with Crippen LogP contribution in [0.4, 0.5) is 0 Å². The number of guanidine groups is 1. The van der Waals surface area contributed by atoms with E-state index in [1.165, 1.54) is 22.3 Å². The van der Waals surface area contributed by atoms with Gasteiger partial charge in [0.15, 0.2) is 5.96 Å². The van der Waals surface area contributed by atoms with Gasteiger partial charge in [-0.2, -0.15) is 0 Å². The highest BCUT2D eigenvalue weighted by Crippen LogP contribution is 2.13. The quantitative estimate of drug-likeness (QED) is 0.279. The van der Waals surface area contributed by atoms with Gasteiger partial charge in [0.05, 0.1) is 5.69 Å². The molecule has 5 nitrogen and oxygen atoms in total. The van der Waals surface area contributed by atoms with Crippen LogP contribution >= 0.6 is 24.0 Å². The summed E-state index contributed by atoms with van der Waals surface area (Å²) in [5.74, 6) is 1.77. The molecule has 26 heavy (non-hydrogen) atoms. The second kappa shape index (κ2) is 11.2. The van der Waals surface area contributed by atoms with Crippen molar-refractivity contribution < 1.29 is 4.52 Å². The van der Waals surface area contributed by atoms with Gasteiger partial charge in [0.2, 0.25) is 0 Å². The first-order valence-electron chi connectivity index (χ1n) is 8.93. The summed E-state index contributed by atoms with van der Waals surface area (Å²) < 4.78 is 5.20. The van der Waals surface area contributed by atoms with Gasteiger partial charge in [-0.05, 0) is 52.5 Å². The molecule has 0 aliphatic carbocycles. The van der Waals surface area contributed by atoms with Crippen LogP contribution in [0, 0.1) is 27.7 Å². The SMILES string of the molecule is CN=C(NCCCc1c(C)noc1C)NCCc1cc(C)cc(C)c1.I. The minimum atomic E-state index is 0. The molecule has 2 N–H and O–H groups in total. The van der Waals surface area contributed by atoms with Gasteiger partial charge in [0, 0.05) is 25.7 Å². The van der Waals surface area contributed by atoms with Crippen LogP contribution in [0.2, 0.25) is 0 Å². The lowest BCUT2D eigenvalue weighted by Gasteiger charge is -2.12. The lowest BCUT2D eigenvalue weighted by atomic mass is 10.1. The number of rotatable bonds is 7. The maximum absolute atomic E-state index is 5.20. The smallest absolute Gasteiger partial charge is 0.190 e. The van der Waals surface area contributed by atoms with Crippen molar-refractivity contribution in [2.45, 2.75) is 47.0 Å². The van der Waals surface area contributed by atoms with E-state index in [4.69, 9.17) is 4.52 Å². The predicted octanol–water partition coefficient (Wildman–Crippen LogP) is 3.87. The summed E-state index contributed by atoms with van der Waals surface area (Å²) in [6.07, 6.45) is 2.97. The lowest BCUT2D eigenvalue weighted by molar-refractivity contribution is 0.392. The molecule has 0 radical (unpaired) electrons. The monoisotopic (exact) mass is 470 g/mol. The average Bonchev–Trinajstić information content (AvgIpc) is 2.87. The maximum atomic E-state index is 5.20. The highest BCUT2D eigenvalue weighted by molar-refractivity contribution is 14.0. The van der Waals surface area contributed by atoms with Crippen LogP contribution < -0.4 is 10.6 Å². The molecular formula is C20H31IN4O. The molecule has 2 aromatic rings. The molecule has 0 spiro atoms. The Morgan fingerprint density at radius 3 is 2.23 bits per heavy atom. The molecule has 0 amide bonds. The third-order valence-corrected chi connectivity index (χ3v) is 4.29. The molecule has 2 rings (SSSR count). The molecule has 1 aromatic heterocycles. The number of aryl methyl sites for hydroxylation is 4. The number of hydrogen-bond donors (Lipinski definition) is 2. The molecule has 0 aliphatic rings. The first-order chi connectivity index (χ1) is 12.0. The summed E-state index contributed by atoms with van der Waals surface area (Å²) in [7, 11) is 1.81. The van der Waals surface area contributed by atoms with Crippen molar-refractivity contribution in [1.82, 2.24) is 15.8 Å². The lowest BCUT2D eigenvalue weighted by Crippen LogP contribution is -2.38. The summed E-state index contributed by atoms with van der Waals surface area (Å²) >= 11 is 0. The summed E-state index contributed by atoms with van der Waals surface area (Å²) in [6.45, 7) is 9.98. The van der Waals surface area contributed by atoms with Crippen molar-refractivity contribution in [3.8, 4) is 0 Å². The van der Waals surface area contributed by atoms with E-state index in [1.54, 1.807) is 7.05 Å². The number of aromatic nitrogens is 1. The fraction of sp³-hybridized carbons (Fsp3) is 0.500. The second-order valence-corrected chi connectivity index (χ2v) is 6.58. The molecule has 1 aromatic carbocycles. The van der Waals surface area contributed by atoms with Crippen LogP contribution in [-0.4, -0.2) is 31.3 Å². The van der Waals surface area contributed by atoms with Gasteiger partial charge >= 0.3 is 0 Å². The van der Waals surface area contributed by atoms with Crippen LogP contribution in [0.15, 0.2) is 27.7 Å². The van der Waals surface area contributed by atoms with E-state index in [-0.39, 0.29) is 24.0 Å². The Hall–Kier alpha value is -1.57. The Morgan fingerprint density at radius 2 is 1.65 bits per heavy atom.